The molecule has 2 aromatic heterocycles. The lowest BCUT2D eigenvalue weighted by Gasteiger charge is -2.12. The number of anilines is 1. The molecule has 120 valence electrons. The fourth-order valence-electron chi connectivity index (χ4n) is 2.37. The van der Waals surface area contributed by atoms with Gasteiger partial charge in [0.1, 0.15) is 12.2 Å². The van der Waals surface area contributed by atoms with Gasteiger partial charge in [-0.3, -0.25) is 19.3 Å². The maximum absolute atomic E-state index is 12.0. The maximum Gasteiger partial charge on any atom is 0.274 e. The highest BCUT2D eigenvalue weighted by molar-refractivity contribution is 6.02. The summed E-state index contributed by atoms with van der Waals surface area (Å²) in [6.07, 6.45) is 7.07. The zero-order chi connectivity index (χ0) is 16.2. The largest absolute Gasteiger partial charge is 0.352 e. The van der Waals surface area contributed by atoms with E-state index in [-0.39, 0.29) is 24.4 Å². The van der Waals surface area contributed by atoms with Gasteiger partial charge in [0, 0.05) is 18.4 Å². The SMILES string of the molecule is CC(NC(=O)Cn1cc(NC(=O)c2ccccn2)cn1)C1CC1. The van der Waals surface area contributed by atoms with Crippen molar-refractivity contribution >= 4 is 17.5 Å². The Morgan fingerprint density at radius 3 is 2.91 bits per heavy atom. The highest BCUT2D eigenvalue weighted by Gasteiger charge is 2.28. The molecule has 1 saturated carbocycles. The van der Waals surface area contributed by atoms with Crippen LogP contribution >= 0.6 is 0 Å². The molecule has 2 heterocycles. The predicted molar refractivity (Wildman–Crippen MR) is 84.7 cm³/mol. The van der Waals surface area contributed by atoms with Crippen LogP contribution in [0.2, 0.25) is 0 Å². The average Bonchev–Trinajstić information content (AvgIpc) is 3.31. The Bertz CT molecular complexity index is 694. The first-order chi connectivity index (χ1) is 11.1. The molecule has 3 rings (SSSR count). The Labute approximate surface area is 134 Å². The van der Waals surface area contributed by atoms with Crippen LogP contribution in [-0.4, -0.2) is 32.6 Å². The van der Waals surface area contributed by atoms with E-state index in [1.165, 1.54) is 23.7 Å². The van der Waals surface area contributed by atoms with Crippen LogP contribution in [0.3, 0.4) is 0 Å². The van der Waals surface area contributed by atoms with Crippen LogP contribution in [-0.2, 0) is 11.3 Å². The Balaban J connectivity index is 1.53. The van der Waals surface area contributed by atoms with E-state index in [0.717, 1.165) is 0 Å². The van der Waals surface area contributed by atoms with Crippen molar-refractivity contribution in [3.63, 3.8) is 0 Å². The van der Waals surface area contributed by atoms with Crippen molar-refractivity contribution in [2.75, 3.05) is 5.32 Å². The van der Waals surface area contributed by atoms with Gasteiger partial charge in [0.15, 0.2) is 0 Å². The third-order valence-corrected chi connectivity index (χ3v) is 3.81. The van der Waals surface area contributed by atoms with E-state index in [9.17, 15) is 9.59 Å². The van der Waals surface area contributed by atoms with Crippen LogP contribution in [0.4, 0.5) is 5.69 Å². The number of pyridine rings is 1. The number of rotatable bonds is 6. The molecule has 23 heavy (non-hydrogen) atoms. The van der Waals surface area contributed by atoms with Crippen LogP contribution < -0.4 is 10.6 Å². The zero-order valence-electron chi connectivity index (χ0n) is 12.9. The fourth-order valence-corrected chi connectivity index (χ4v) is 2.37. The second-order valence-electron chi connectivity index (χ2n) is 5.79. The number of nitrogens with zero attached hydrogens (tertiary/aromatic N) is 3. The van der Waals surface area contributed by atoms with E-state index in [4.69, 9.17) is 0 Å². The summed E-state index contributed by atoms with van der Waals surface area (Å²) in [6, 6.07) is 5.33. The van der Waals surface area contributed by atoms with Gasteiger partial charge in [-0.25, -0.2) is 0 Å². The standard InChI is InChI=1S/C16H19N5O2/c1-11(12-5-6-12)19-15(22)10-21-9-13(8-18-21)20-16(23)14-4-2-3-7-17-14/h2-4,7-9,11-12H,5-6,10H2,1H3,(H,19,22)(H,20,23). The molecule has 2 aromatic rings. The molecule has 0 aromatic carbocycles. The Morgan fingerprint density at radius 1 is 1.39 bits per heavy atom. The number of hydrogen-bond acceptors (Lipinski definition) is 4. The van der Waals surface area contributed by atoms with Crippen molar-refractivity contribution in [1.82, 2.24) is 20.1 Å². The molecule has 7 nitrogen and oxygen atoms in total. The van der Waals surface area contributed by atoms with Gasteiger partial charge in [-0.2, -0.15) is 5.10 Å². The van der Waals surface area contributed by atoms with Crippen LogP contribution in [0.25, 0.3) is 0 Å². The topological polar surface area (TPSA) is 88.9 Å². The maximum atomic E-state index is 12.0. The van der Waals surface area contributed by atoms with Gasteiger partial charge in [0.25, 0.3) is 5.91 Å². The van der Waals surface area contributed by atoms with Crippen molar-refractivity contribution in [2.45, 2.75) is 32.4 Å². The molecule has 2 N–H and O–H groups in total. The zero-order valence-corrected chi connectivity index (χ0v) is 12.9. The summed E-state index contributed by atoms with van der Waals surface area (Å²) in [5.41, 5.74) is 0.861. The quantitative estimate of drug-likeness (QED) is 0.844. The number of hydrogen-bond donors (Lipinski definition) is 2. The van der Waals surface area contributed by atoms with Gasteiger partial charge in [0.2, 0.25) is 5.91 Å². The summed E-state index contributed by atoms with van der Waals surface area (Å²) < 4.78 is 1.50. The highest BCUT2D eigenvalue weighted by atomic mass is 16.2. The second kappa shape index (κ2) is 6.60. The first-order valence-corrected chi connectivity index (χ1v) is 7.66. The molecule has 1 atom stereocenters. The molecule has 1 unspecified atom stereocenters. The van der Waals surface area contributed by atoms with Crippen LogP contribution in [0, 0.1) is 5.92 Å². The highest BCUT2D eigenvalue weighted by Crippen LogP contribution is 2.32. The van der Waals surface area contributed by atoms with Gasteiger partial charge < -0.3 is 10.6 Å². The lowest BCUT2D eigenvalue weighted by Crippen LogP contribution is -2.36. The van der Waals surface area contributed by atoms with Gasteiger partial charge in [-0.15, -0.1) is 0 Å². The minimum Gasteiger partial charge on any atom is -0.352 e. The molecule has 1 aliphatic rings. The molecule has 0 radical (unpaired) electrons. The lowest BCUT2D eigenvalue weighted by atomic mass is 10.2. The molecule has 1 fully saturated rings. The minimum atomic E-state index is -0.308. The summed E-state index contributed by atoms with van der Waals surface area (Å²) in [4.78, 5) is 27.9. The Hall–Kier alpha value is -2.70. The normalized spacial score (nSPS) is 15.0. The summed E-state index contributed by atoms with van der Waals surface area (Å²) in [7, 11) is 0. The van der Waals surface area contributed by atoms with Gasteiger partial charge >= 0.3 is 0 Å². The van der Waals surface area contributed by atoms with Gasteiger partial charge in [-0.1, -0.05) is 6.07 Å². The van der Waals surface area contributed by atoms with Crippen molar-refractivity contribution in [3.05, 3.63) is 42.5 Å². The Kier molecular flexibility index (Phi) is 4.36. The molecule has 0 saturated heterocycles. The van der Waals surface area contributed by atoms with Crippen LogP contribution in [0.5, 0.6) is 0 Å². The predicted octanol–water partition coefficient (Wildman–Crippen LogP) is 1.45. The summed E-state index contributed by atoms with van der Waals surface area (Å²) >= 11 is 0. The molecular formula is C16H19N5O2. The van der Waals surface area contributed by atoms with Gasteiger partial charge in [-0.05, 0) is 37.8 Å². The third kappa shape index (κ3) is 4.15. The first kappa shape index (κ1) is 15.2. The van der Waals surface area contributed by atoms with Crippen LogP contribution in [0.15, 0.2) is 36.8 Å². The molecule has 0 spiro atoms. The average molecular weight is 313 g/mol. The van der Waals surface area contributed by atoms with E-state index >= 15 is 0 Å². The number of amides is 2. The monoisotopic (exact) mass is 313 g/mol. The summed E-state index contributed by atoms with van der Waals surface area (Å²) in [5.74, 6) is 0.233. The Morgan fingerprint density at radius 2 is 2.22 bits per heavy atom. The van der Waals surface area contributed by atoms with E-state index in [1.54, 1.807) is 30.6 Å². The molecule has 0 aliphatic heterocycles. The molecular weight excluding hydrogens is 294 g/mol. The number of carbonyl (C=O) groups is 2. The number of aromatic nitrogens is 3. The van der Waals surface area contributed by atoms with Crippen molar-refractivity contribution in [3.8, 4) is 0 Å². The van der Waals surface area contributed by atoms with E-state index in [1.807, 2.05) is 6.92 Å². The van der Waals surface area contributed by atoms with Crippen molar-refractivity contribution in [1.29, 1.82) is 0 Å². The fraction of sp³-hybridized carbons (Fsp3) is 0.375. The molecule has 0 bridgehead atoms. The summed E-state index contributed by atoms with van der Waals surface area (Å²) in [5, 5.41) is 9.76. The van der Waals surface area contributed by atoms with Gasteiger partial charge in [0.05, 0.1) is 11.9 Å². The van der Waals surface area contributed by atoms with E-state index < -0.39 is 0 Å². The summed E-state index contributed by atoms with van der Waals surface area (Å²) in [6.45, 7) is 2.16. The van der Waals surface area contributed by atoms with E-state index in [0.29, 0.717) is 17.3 Å². The first-order valence-electron chi connectivity index (χ1n) is 7.66. The smallest absolute Gasteiger partial charge is 0.274 e. The van der Waals surface area contributed by atoms with E-state index in [2.05, 4.69) is 20.7 Å². The molecule has 1 aliphatic carbocycles. The van der Waals surface area contributed by atoms with Crippen molar-refractivity contribution in [2.24, 2.45) is 5.92 Å². The number of nitrogens with one attached hydrogen (secondary N) is 2. The third-order valence-electron chi connectivity index (χ3n) is 3.81. The lowest BCUT2D eigenvalue weighted by molar-refractivity contribution is -0.122. The minimum absolute atomic E-state index is 0.0740. The van der Waals surface area contributed by atoms with Crippen LogP contribution in [0.1, 0.15) is 30.3 Å². The molecule has 2 amide bonds. The number of carbonyl (C=O) groups excluding carboxylic acids is 2. The van der Waals surface area contributed by atoms with Crippen molar-refractivity contribution < 1.29 is 9.59 Å². The second-order valence-corrected chi connectivity index (χ2v) is 5.79. The molecule has 7 heteroatoms.